The van der Waals surface area contributed by atoms with Gasteiger partial charge in [-0.1, -0.05) is 19.1 Å². The summed E-state index contributed by atoms with van der Waals surface area (Å²) in [7, 11) is -3.91. The van der Waals surface area contributed by atoms with E-state index in [4.69, 9.17) is 0 Å². The molecular formula is C22H27N3O4S. The predicted molar refractivity (Wildman–Crippen MR) is 117 cm³/mol. The number of aryl methyl sites for hydroxylation is 1. The van der Waals surface area contributed by atoms with Gasteiger partial charge in [-0.3, -0.25) is 14.3 Å². The molecule has 0 unspecified atom stereocenters. The predicted octanol–water partition coefficient (Wildman–Crippen LogP) is 3.31. The SMILES string of the molecule is CC[C@H](C)NC(=O)c1ccccc1NS(=O)(=O)c1ccc2c(c1)CCCN2C(C)=O. The molecule has 0 saturated carbocycles. The molecule has 0 fully saturated rings. The first-order chi connectivity index (χ1) is 14.2. The molecule has 2 N–H and O–H groups in total. The number of sulfonamides is 1. The molecular weight excluding hydrogens is 402 g/mol. The molecule has 30 heavy (non-hydrogen) atoms. The smallest absolute Gasteiger partial charge is 0.261 e. The van der Waals surface area contributed by atoms with E-state index in [0.29, 0.717) is 13.0 Å². The number of nitrogens with zero attached hydrogens (tertiary/aromatic N) is 1. The summed E-state index contributed by atoms with van der Waals surface area (Å²) in [4.78, 5) is 26.2. The van der Waals surface area contributed by atoms with E-state index in [-0.39, 0.29) is 34.0 Å². The Hall–Kier alpha value is -2.87. The number of hydrogen-bond acceptors (Lipinski definition) is 4. The van der Waals surface area contributed by atoms with E-state index in [0.717, 1.165) is 24.1 Å². The van der Waals surface area contributed by atoms with Crippen LogP contribution in [0.1, 0.15) is 49.5 Å². The van der Waals surface area contributed by atoms with Crippen molar-refractivity contribution >= 4 is 33.2 Å². The lowest BCUT2D eigenvalue weighted by Crippen LogP contribution is -2.33. The normalized spacial score (nSPS) is 14.6. The van der Waals surface area contributed by atoms with E-state index in [1.165, 1.54) is 13.0 Å². The van der Waals surface area contributed by atoms with Gasteiger partial charge in [0.05, 0.1) is 16.1 Å². The summed E-state index contributed by atoms with van der Waals surface area (Å²) in [5, 5.41) is 2.86. The third-order valence-electron chi connectivity index (χ3n) is 5.27. The van der Waals surface area contributed by atoms with Crippen LogP contribution in [0.15, 0.2) is 47.4 Å². The summed E-state index contributed by atoms with van der Waals surface area (Å²) in [6.07, 6.45) is 2.25. The lowest BCUT2D eigenvalue weighted by molar-refractivity contribution is -0.116. The maximum Gasteiger partial charge on any atom is 0.261 e. The van der Waals surface area contributed by atoms with Crippen molar-refractivity contribution in [3.63, 3.8) is 0 Å². The second kappa shape index (κ2) is 8.87. The molecule has 2 aromatic rings. The van der Waals surface area contributed by atoms with Gasteiger partial charge in [0.15, 0.2) is 0 Å². The molecule has 1 aliphatic heterocycles. The maximum atomic E-state index is 13.0. The summed E-state index contributed by atoms with van der Waals surface area (Å²) >= 11 is 0. The van der Waals surface area contributed by atoms with Crippen molar-refractivity contribution in [2.24, 2.45) is 0 Å². The third kappa shape index (κ3) is 4.64. The Morgan fingerprint density at radius 3 is 2.60 bits per heavy atom. The van der Waals surface area contributed by atoms with Crippen LogP contribution in [0.5, 0.6) is 0 Å². The molecule has 160 valence electrons. The molecule has 7 nitrogen and oxygen atoms in total. The zero-order chi connectivity index (χ0) is 21.9. The average Bonchev–Trinajstić information content (AvgIpc) is 2.72. The number of fused-ring (bicyclic) bond motifs is 1. The first-order valence-corrected chi connectivity index (χ1v) is 11.5. The third-order valence-corrected chi connectivity index (χ3v) is 6.63. The summed E-state index contributed by atoms with van der Waals surface area (Å²) in [5.41, 5.74) is 2.06. The standard InChI is InChI=1S/C22H27N3O4S/c1-4-15(2)23-22(27)19-9-5-6-10-20(19)24-30(28,29)18-11-12-21-17(14-18)8-7-13-25(21)16(3)26/h5-6,9-12,14-15,24H,4,7-8,13H2,1-3H3,(H,23,27)/t15-/m0/s1. The monoisotopic (exact) mass is 429 g/mol. The highest BCUT2D eigenvalue weighted by Gasteiger charge is 2.24. The quantitative estimate of drug-likeness (QED) is 0.736. The number of amides is 2. The van der Waals surface area contributed by atoms with Crippen molar-refractivity contribution in [3.05, 3.63) is 53.6 Å². The molecule has 3 rings (SSSR count). The lowest BCUT2D eigenvalue weighted by atomic mass is 10.0. The van der Waals surface area contributed by atoms with Crippen molar-refractivity contribution < 1.29 is 18.0 Å². The first kappa shape index (κ1) is 21.8. The molecule has 2 aromatic carbocycles. The van der Waals surface area contributed by atoms with Gasteiger partial charge in [-0.25, -0.2) is 8.42 Å². The van der Waals surface area contributed by atoms with Crippen molar-refractivity contribution in [1.29, 1.82) is 0 Å². The van der Waals surface area contributed by atoms with E-state index in [1.807, 2.05) is 13.8 Å². The number of benzene rings is 2. The number of carbonyl (C=O) groups is 2. The molecule has 0 saturated heterocycles. The number of nitrogens with one attached hydrogen (secondary N) is 2. The molecule has 0 spiro atoms. The summed E-state index contributed by atoms with van der Waals surface area (Å²) in [5.74, 6) is -0.392. The molecule has 2 amide bonds. The first-order valence-electron chi connectivity index (χ1n) is 10.1. The Labute approximate surface area is 177 Å². The average molecular weight is 430 g/mol. The van der Waals surface area contributed by atoms with Gasteiger partial charge in [0.1, 0.15) is 0 Å². The molecule has 0 radical (unpaired) electrons. The summed E-state index contributed by atoms with van der Waals surface area (Å²) in [6.45, 7) is 5.99. The number of rotatable bonds is 6. The highest BCUT2D eigenvalue weighted by Crippen LogP contribution is 2.30. The van der Waals surface area contributed by atoms with Gasteiger partial charge in [-0.15, -0.1) is 0 Å². The topological polar surface area (TPSA) is 95.6 Å². The van der Waals surface area contributed by atoms with Crippen molar-refractivity contribution in [3.8, 4) is 0 Å². The van der Waals surface area contributed by atoms with Gasteiger partial charge in [0.25, 0.3) is 15.9 Å². The van der Waals surface area contributed by atoms with Gasteiger partial charge in [-0.2, -0.15) is 0 Å². The molecule has 8 heteroatoms. The van der Waals surface area contributed by atoms with Gasteiger partial charge in [0.2, 0.25) is 5.91 Å². The molecule has 1 atom stereocenters. The Morgan fingerprint density at radius 1 is 1.17 bits per heavy atom. The van der Waals surface area contributed by atoms with Crippen LogP contribution in [0.25, 0.3) is 0 Å². The van der Waals surface area contributed by atoms with Gasteiger partial charge in [0, 0.05) is 25.2 Å². The fraction of sp³-hybridized carbons (Fsp3) is 0.364. The minimum atomic E-state index is -3.91. The van der Waals surface area contributed by atoms with E-state index in [1.54, 1.807) is 41.3 Å². The molecule has 0 aromatic heterocycles. The molecule has 0 bridgehead atoms. The lowest BCUT2D eigenvalue weighted by Gasteiger charge is -2.28. The van der Waals surface area contributed by atoms with Crippen LogP contribution in [0.3, 0.4) is 0 Å². The fourth-order valence-electron chi connectivity index (χ4n) is 3.45. The largest absolute Gasteiger partial charge is 0.350 e. The van der Waals surface area contributed by atoms with Crippen LogP contribution < -0.4 is 14.9 Å². The maximum absolute atomic E-state index is 13.0. The molecule has 0 aliphatic carbocycles. The molecule has 1 aliphatic rings. The van der Waals surface area contributed by atoms with E-state index in [2.05, 4.69) is 10.0 Å². The van der Waals surface area contributed by atoms with E-state index >= 15 is 0 Å². The highest BCUT2D eigenvalue weighted by molar-refractivity contribution is 7.92. The van der Waals surface area contributed by atoms with Crippen LogP contribution in [0, 0.1) is 0 Å². The van der Waals surface area contributed by atoms with E-state index in [9.17, 15) is 18.0 Å². The highest BCUT2D eigenvalue weighted by atomic mass is 32.2. The van der Waals surface area contributed by atoms with Crippen LogP contribution in [-0.4, -0.2) is 32.8 Å². The van der Waals surface area contributed by atoms with Crippen molar-refractivity contribution in [2.75, 3.05) is 16.2 Å². The Bertz CT molecular complexity index is 1070. The van der Waals surface area contributed by atoms with Crippen LogP contribution in [0.4, 0.5) is 11.4 Å². The second-order valence-electron chi connectivity index (χ2n) is 7.50. The second-order valence-corrected chi connectivity index (χ2v) is 9.18. The van der Waals surface area contributed by atoms with Gasteiger partial charge >= 0.3 is 0 Å². The zero-order valence-corrected chi connectivity index (χ0v) is 18.3. The fourth-order valence-corrected chi connectivity index (χ4v) is 4.58. The Kier molecular flexibility index (Phi) is 6.45. The molecule has 1 heterocycles. The van der Waals surface area contributed by atoms with Crippen LogP contribution in [0.2, 0.25) is 0 Å². The Balaban J connectivity index is 1.90. The number of hydrogen-bond donors (Lipinski definition) is 2. The van der Waals surface area contributed by atoms with Crippen molar-refractivity contribution in [2.45, 2.75) is 51.0 Å². The van der Waals surface area contributed by atoms with Gasteiger partial charge < -0.3 is 10.2 Å². The number of para-hydroxylation sites is 1. The Morgan fingerprint density at radius 2 is 1.90 bits per heavy atom. The number of anilines is 2. The summed E-state index contributed by atoms with van der Waals surface area (Å²) in [6, 6.07) is 11.3. The van der Waals surface area contributed by atoms with Crippen LogP contribution in [-0.2, 0) is 21.2 Å². The van der Waals surface area contributed by atoms with Gasteiger partial charge in [-0.05, 0) is 62.1 Å². The zero-order valence-electron chi connectivity index (χ0n) is 17.4. The van der Waals surface area contributed by atoms with E-state index < -0.39 is 10.0 Å². The minimum absolute atomic E-state index is 0.0213. The van der Waals surface area contributed by atoms with Crippen LogP contribution >= 0.6 is 0 Å². The van der Waals surface area contributed by atoms with Crippen molar-refractivity contribution in [1.82, 2.24) is 5.32 Å². The summed E-state index contributed by atoms with van der Waals surface area (Å²) < 4.78 is 28.6. The minimum Gasteiger partial charge on any atom is -0.350 e. The number of carbonyl (C=O) groups excluding carboxylic acids is 2.